The molecule has 4 bridgehead atoms. The fourth-order valence-corrected chi connectivity index (χ4v) is 7.76. The van der Waals surface area contributed by atoms with Crippen molar-refractivity contribution in [2.24, 2.45) is 5.92 Å². The van der Waals surface area contributed by atoms with Crippen LogP contribution in [0, 0.1) is 5.92 Å². The van der Waals surface area contributed by atoms with Crippen molar-refractivity contribution in [3.8, 4) is 0 Å². The van der Waals surface area contributed by atoms with Gasteiger partial charge >= 0.3 is 53.7 Å². The first-order valence-electron chi connectivity index (χ1n) is 19.4. The third-order valence-corrected chi connectivity index (χ3v) is 8.82. The molecule has 0 atom stereocenters. The summed E-state index contributed by atoms with van der Waals surface area (Å²) in [5.74, 6) is -7.36. The number of carbonyl (C=O) groups is 9. The minimum Gasteiger partial charge on any atom is -0.459 e. The van der Waals surface area contributed by atoms with Crippen LogP contribution >= 0.6 is 0 Å². The van der Waals surface area contributed by atoms with E-state index in [9.17, 15) is 43.2 Å². The second kappa shape index (κ2) is 18.9. The van der Waals surface area contributed by atoms with E-state index in [1.165, 1.54) is 0 Å². The zero-order valence-electron chi connectivity index (χ0n) is 35.0. The number of ether oxygens (including phenoxy) is 9. The summed E-state index contributed by atoms with van der Waals surface area (Å²) in [7, 11) is 0. The van der Waals surface area contributed by atoms with Gasteiger partial charge in [0.05, 0.1) is 38.5 Å². The van der Waals surface area contributed by atoms with Crippen LogP contribution in [0.15, 0.2) is 0 Å². The van der Waals surface area contributed by atoms with Gasteiger partial charge in [-0.05, 0) is 87.5 Å². The van der Waals surface area contributed by atoms with Crippen molar-refractivity contribution in [1.29, 1.82) is 0 Å². The minimum absolute atomic E-state index is 0.0381. The van der Waals surface area contributed by atoms with Crippen molar-refractivity contribution in [2.75, 3.05) is 19.8 Å². The van der Waals surface area contributed by atoms with Crippen LogP contribution in [0.4, 0.5) is 0 Å². The molecule has 0 unspecified atom stereocenters. The molecule has 0 spiro atoms. The van der Waals surface area contributed by atoms with Gasteiger partial charge < -0.3 is 42.6 Å². The van der Waals surface area contributed by atoms with Crippen molar-refractivity contribution in [2.45, 2.75) is 173 Å². The number of hydrogen-bond acceptors (Lipinski definition) is 18. The molecule has 4 aliphatic rings. The lowest BCUT2D eigenvalue weighted by atomic mass is 9.50. The zero-order valence-corrected chi connectivity index (χ0v) is 35.0. The van der Waals surface area contributed by atoms with E-state index in [1.807, 2.05) is 0 Å². The summed E-state index contributed by atoms with van der Waals surface area (Å²) in [5, 5.41) is 0. The Morgan fingerprint density at radius 2 is 0.603 bits per heavy atom. The third-order valence-electron chi connectivity index (χ3n) is 8.82. The van der Waals surface area contributed by atoms with Crippen molar-refractivity contribution < 1.29 is 85.8 Å². The Morgan fingerprint density at radius 3 is 0.828 bits per heavy atom. The number of hydrogen-bond donors (Lipinski definition) is 0. The Hall–Kier alpha value is -4.77. The maximum atomic E-state index is 13.2. The van der Waals surface area contributed by atoms with E-state index in [0.717, 1.165) is 0 Å². The van der Waals surface area contributed by atoms with Crippen molar-refractivity contribution in [3.63, 3.8) is 0 Å². The third kappa shape index (κ3) is 16.6. The molecule has 18 nitrogen and oxygen atoms in total. The lowest BCUT2D eigenvalue weighted by Crippen LogP contribution is -2.68. The molecular formula is C40H58O18. The summed E-state index contributed by atoms with van der Waals surface area (Å²) in [6.07, 6.45) is -1.30. The molecule has 0 saturated heterocycles. The second-order valence-corrected chi connectivity index (χ2v) is 18.2. The van der Waals surface area contributed by atoms with Gasteiger partial charge in [0, 0.05) is 19.3 Å². The summed E-state index contributed by atoms with van der Waals surface area (Å²) in [5.41, 5.74) is -6.20. The van der Waals surface area contributed by atoms with Crippen LogP contribution < -0.4 is 0 Å². The molecule has 0 heterocycles. The zero-order chi connectivity index (χ0) is 43.7. The Bertz CT molecular complexity index is 1400. The average molecular weight is 827 g/mol. The lowest BCUT2D eigenvalue weighted by molar-refractivity contribution is -0.273. The van der Waals surface area contributed by atoms with E-state index in [0.29, 0.717) is 19.3 Å². The van der Waals surface area contributed by atoms with Crippen LogP contribution in [0.5, 0.6) is 0 Å². The molecule has 0 aliphatic heterocycles. The smallest absolute Gasteiger partial charge is 0.344 e. The highest BCUT2D eigenvalue weighted by atomic mass is 16.6. The van der Waals surface area contributed by atoms with E-state index in [-0.39, 0.29) is 25.2 Å². The largest absolute Gasteiger partial charge is 0.459 e. The minimum atomic E-state index is -1.28. The van der Waals surface area contributed by atoms with E-state index >= 15 is 0 Å². The Kier molecular flexibility index (Phi) is 15.5. The molecule has 0 aromatic rings. The van der Waals surface area contributed by atoms with E-state index < -0.39 is 146 Å². The number of carbonyl (C=O) groups excluding carboxylic acids is 9. The maximum absolute atomic E-state index is 13.2. The molecule has 0 radical (unpaired) electrons. The number of esters is 9. The van der Waals surface area contributed by atoms with Gasteiger partial charge in [-0.3, -0.25) is 28.8 Å². The topological polar surface area (TPSA) is 237 Å². The molecule has 326 valence electrons. The quantitative estimate of drug-likeness (QED) is 0.141. The highest BCUT2D eigenvalue weighted by Gasteiger charge is 2.68. The first-order chi connectivity index (χ1) is 26.6. The normalized spacial score (nSPS) is 23.4. The summed E-state index contributed by atoms with van der Waals surface area (Å²) in [4.78, 5) is 112. The summed E-state index contributed by atoms with van der Waals surface area (Å²) in [6.45, 7) is 13.0. The average Bonchev–Trinajstić information content (AvgIpc) is 3.02. The molecule has 0 aromatic heterocycles. The van der Waals surface area contributed by atoms with Gasteiger partial charge in [-0.1, -0.05) is 0 Å². The summed E-state index contributed by atoms with van der Waals surface area (Å²) < 4.78 is 48.2. The van der Waals surface area contributed by atoms with Gasteiger partial charge in [-0.2, -0.15) is 0 Å². The molecule has 0 aromatic carbocycles. The molecule has 4 fully saturated rings. The lowest BCUT2D eigenvalue weighted by Gasteiger charge is -2.63. The van der Waals surface area contributed by atoms with Gasteiger partial charge in [0.15, 0.2) is 19.8 Å². The van der Waals surface area contributed by atoms with Crippen LogP contribution in [0.1, 0.15) is 139 Å². The van der Waals surface area contributed by atoms with Crippen LogP contribution in [0.25, 0.3) is 0 Å². The number of rotatable bonds is 18. The maximum Gasteiger partial charge on any atom is 0.344 e. The fourth-order valence-electron chi connectivity index (χ4n) is 7.76. The van der Waals surface area contributed by atoms with Crippen LogP contribution in [0.3, 0.4) is 0 Å². The molecule has 0 N–H and O–H groups in total. The molecule has 18 heteroatoms. The molecule has 4 aliphatic carbocycles. The van der Waals surface area contributed by atoms with Crippen LogP contribution in [-0.2, 0) is 85.8 Å². The van der Waals surface area contributed by atoms with Crippen LogP contribution in [0.2, 0.25) is 0 Å². The van der Waals surface area contributed by atoms with Gasteiger partial charge in [0.2, 0.25) is 0 Å². The summed E-state index contributed by atoms with van der Waals surface area (Å²) in [6, 6.07) is 0. The molecular weight excluding hydrogens is 768 g/mol. The Morgan fingerprint density at radius 1 is 0.379 bits per heavy atom. The van der Waals surface area contributed by atoms with Crippen molar-refractivity contribution in [3.05, 3.63) is 0 Å². The molecule has 58 heavy (non-hydrogen) atoms. The Balaban J connectivity index is 1.67. The van der Waals surface area contributed by atoms with E-state index in [4.69, 9.17) is 42.6 Å². The highest BCUT2D eigenvalue weighted by molar-refractivity contribution is 5.82. The molecule has 4 rings (SSSR count). The highest BCUT2D eigenvalue weighted by Crippen LogP contribution is 2.63. The SMILES string of the molecule is CC(C)(C)OC(=O)COC(=O)CCC(=O)OC12CC3CC(OC(=O)CCC(=O)OCC(=O)OC(C)(C)C)(C1)CC(OC(=O)CCC(=O)OCC(=O)OC(C)(C)C)(C3)C2. The van der Waals surface area contributed by atoms with Crippen molar-refractivity contribution in [1.82, 2.24) is 0 Å². The molecule has 0 amide bonds. The first kappa shape index (κ1) is 47.6. The monoisotopic (exact) mass is 826 g/mol. The first-order valence-corrected chi connectivity index (χ1v) is 19.4. The van der Waals surface area contributed by atoms with E-state index in [2.05, 4.69) is 0 Å². The summed E-state index contributed by atoms with van der Waals surface area (Å²) >= 11 is 0. The van der Waals surface area contributed by atoms with Gasteiger partial charge in [0.1, 0.15) is 33.6 Å². The Labute approximate surface area is 337 Å². The standard InChI is InChI=1S/C40H58O18/c1-35(2,3)53-32(47)19-50-26(41)10-13-29(44)56-38-16-25-17-39(22-38,57-30(45)14-11-27(42)51-20-33(48)54-36(4,5)6)24-40(18-25,23-38)58-31(46)15-12-28(43)52-21-34(49)55-37(7,8)9/h25H,10-24H2,1-9H3. The second-order valence-electron chi connectivity index (χ2n) is 18.2. The fraction of sp³-hybridized carbons (Fsp3) is 0.775. The molecule has 4 saturated carbocycles. The van der Waals surface area contributed by atoms with Gasteiger partial charge in [-0.25, -0.2) is 14.4 Å². The van der Waals surface area contributed by atoms with Crippen molar-refractivity contribution >= 4 is 53.7 Å². The predicted molar refractivity (Wildman–Crippen MR) is 196 cm³/mol. The van der Waals surface area contributed by atoms with Crippen LogP contribution in [-0.4, -0.2) is 107 Å². The van der Waals surface area contributed by atoms with Gasteiger partial charge in [0.25, 0.3) is 0 Å². The predicted octanol–water partition coefficient (Wildman–Crippen LogP) is 3.83. The van der Waals surface area contributed by atoms with E-state index in [1.54, 1.807) is 62.3 Å². The van der Waals surface area contributed by atoms with Gasteiger partial charge in [-0.15, -0.1) is 0 Å².